The van der Waals surface area contributed by atoms with Crippen LogP contribution in [0.3, 0.4) is 0 Å². The fourth-order valence-corrected chi connectivity index (χ4v) is 3.42. The highest BCUT2D eigenvalue weighted by molar-refractivity contribution is 7.91. The minimum atomic E-state index is -3.21. The number of rotatable bonds is 3. The van der Waals surface area contributed by atoms with Crippen LogP contribution in [0.4, 0.5) is 4.39 Å². The van der Waals surface area contributed by atoms with E-state index in [-0.39, 0.29) is 6.04 Å². The summed E-state index contributed by atoms with van der Waals surface area (Å²) in [5.41, 5.74) is 0. The van der Waals surface area contributed by atoms with Gasteiger partial charge in [-0.05, 0) is 39.0 Å². The summed E-state index contributed by atoms with van der Waals surface area (Å²) in [7, 11) is -3.21. The molecule has 0 amide bonds. The number of halogens is 1. The molecule has 2 fully saturated rings. The van der Waals surface area contributed by atoms with E-state index in [1.54, 1.807) is 6.92 Å². The summed E-state index contributed by atoms with van der Waals surface area (Å²) in [6.07, 6.45) is 2.10. The average molecular weight is 221 g/mol. The van der Waals surface area contributed by atoms with Crippen LogP contribution in [0.2, 0.25) is 0 Å². The SMILES string of the molecule is CC1(S(=O)(=O)N[C@@H]2CC[C@H](F)C2)CC1. The van der Waals surface area contributed by atoms with Gasteiger partial charge in [0.1, 0.15) is 6.17 Å². The number of hydrogen-bond acceptors (Lipinski definition) is 2. The van der Waals surface area contributed by atoms with Crippen LogP contribution < -0.4 is 4.72 Å². The van der Waals surface area contributed by atoms with Crippen molar-refractivity contribution in [3.63, 3.8) is 0 Å². The molecule has 0 aliphatic heterocycles. The fraction of sp³-hybridized carbons (Fsp3) is 1.00. The Bertz CT molecular complexity index is 324. The smallest absolute Gasteiger partial charge is 0.217 e. The van der Waals surface area contributed by atoms with Crippen molar-refractivity contribution < 1.29 is 12.8 Å². The number of alkyl halides is 1. The van der Waals surface area contributed by atoms with Gasteiger partial charge in [-0.25, -0.2) is 17.5 Å². The third-order valence-electron chi connectivity index (χ3n) is 3.29. The zero-order chi connectivity index (χ0) is 10.4. The molecule has 0 aromatic carbocycles. The molecule has 0 bridgehead atoms. The normalized spacial score (nSPS) is 35.9. The van der Waals surface area contributed by atoms with Crippen LogP contribution in [0.5, 0.6) is 0 Å². The molecule has 5 heteroatoms. The Kier molecular flexibility index (Phi) is 2.34. The van der Waals surface area contributed by atoms with E-state index in [9.17, 15) is 12.8 Å². The zero-order valence-corrected chi connectivity index (χ0v) is 9.11. The zero-order valence-electron chi connectivity index (χ0n) is 8.29. The van der Waals surface area contributed by atoms with Crippen LogP contribution >= 0.6 is 0 Å². The number of hydrogen-bond donors (Lipinski definition) is 1. The maximum absolute atomic E-state index is 12.8. The maximum Gasteiger partial charge on any atom is 0.217 e. The summed E-state index contributed by atoms with van der Waals surface area (Å²) in [5.74, 6) is 0. The molecule has 3 nitrogen and oxygen atoms in total. The van der Waals surface area contributed by atoms with Gasteiger partial charge in [0.15, 0.2) is 0 Å². The van der Waals surface area contributed by atoms with Gasteiger partial charge in [0.25, 0.3) is 0 Å². The van der Waals surface area contributed by atoms with E-state index in [4.69, 9.17) is 0 Å². The molecule has 0 spiro atoms. The predicted octanol–water partition coefficient (Wildman–Crippen LogP) is 1.35. The molecule has 0 heterocycles. The van der Waals surface area contributed by atoms with Gasteiger partial charge in [-0.1, -0.05) is 0 Å². The van der Waals surface area contributed by atoms with Crippen molar-refractivity contribution in [1.29, 1.82) is 0 Å². The Labute approximate surface area is 84.1 Å². The van der Waals surface area contributed by atoms with E-state index in [0.717, 1.165) is 12.8 Å². The fourth-order valence-electron chi connectivity index (χ4n) is 1.84. The first-order valence-corrected chi connectivity index (χ1v) is 6.57. The van der Waals surface area contributed by atoms with Crippen LogP contribution in [0.1, 0.15) is 39.0 Å². The van der Waals surface area contributed by atoms with Gasteiger partial charge in [-0.15, -0.1) is 0 Å². The van der Waals surface area contributed by atoms with E-state index in [2.05, 4.69) is 4.72 Å². The van der Waals surface area contributed by atoms with Crippen molar-refractivity contribution in [2.24, 2.45) is 0 Å². The highest BCUT2D eigenvalue weighted by atomic mass is 32.2. The molecule has 0 unspecified atom stereocenters. The average Bonchev–Trinajstić information content (AvgIpc) is 2.70. The molecule has 2 atom stereocenters. The summed E-state index contributed by atoms with van der Waals surface area (Å²) in [6.45, 7) is 1.75. The van der Waals surface area contributed by atoms with Crippen LogP contribution in [-0.2, 0) is 10.0 Å². The molecule has 2 aliphatic carbocycles. The Balaban J connectivity index is 1.97. The van der Waals surface area contributed by atoms with Crippen molar-refractivity contribution in [2.45, 2.75) is 56.0 Å². The molecule has 0 saturated heterocycles. The second-order valence-corrected chi connectivity index (χ2v) is 6.91. The third kappa shape index (κ3) is 1.80. The molecular weight excluding hydrogens is 205 g/mol. The monoisotopic (exact) mass is 221 g/mol. The van der Waals surface area contributed by atoms with Gasteiger partial charge in [-0.2, -0.15) is 0 Å². The lowest BCUT2D eigenvalue weighted by Gasteiger charge is -2.16. The summed E-state index contributed by atoms with van der Waals surface area (Å²) >= 11 is 0. The van der Waals surface area contributed by atoms with E-state index in [0.29, 0.717) is 19.3 Å². The van der Waals surface area contributed by atoms with Gasteiger partial charge >= 0.3 is 0 Å². The summed E-state index contributed by atoms with van der Waals surface area (Å²) in [4.78, 5) is 0. The number of sulfonamides is 1. The highest BCUT2D eigenvalue weighted by Crippen LogP contribution is 2.42. The molecule has 2 saturated carbocycles. The summed E-state index contributed by atoms with van der Waals surface area (Å²) in [6, 6.07) is -0.174. The van der Waals surface area contributed by atoms with Crippen molar-refractivity contribution in [3.05, 3.63) is 0 Å². The molecule has 82 valence electrons. The van der Waals surface area contributed by atoms with E-state index in [1.807, 2.05) is 0 Å². The third-order valence-corrected chi connectivity index (χ3v) is 5.64. The predicted molar refractivity (Wildman–Crippen MR) is 52.2 cm³/mol. The molecule has 14 heavy (non-hydrogen) atoms. The lowest BCUT2D eigenvalue weighted by atomic mass is 10.3. The van der Waals surface area contributed by atoms with Crippen molar-refractivity contribution in [2.75, 3.05) is 0 Å². The standard InChI is InChI=1S/C9H16FNO2S/c1-9(4-5-9)14(12,13)11-8-3-2-7(10)6-8/h7-8,11H,2-6H2,1H3/t7-,8+/m0/s1. The molecule has 2 aliphatic rings. The van der Waals surface area contributed by atoms with Gasteiger partial charge < -0.3 is 0 Å². The topological polar surface area (TPSA) is 46.2 Å². The van der Waals surface area contributed by atoms with Gasteiger partial charge in [0.05, 0.1) is 4.75 Å². The minimum Gasteiger partial charge on any atom is -0.247 e. The van der Waals surface area contributed by atoms with Gasteiger partial charge in [-0.3, -0.25) is 0 Å². The Morgan fingerprint density at radius 2 is 2.00 bits per heavy atom. The van der Waals surface area contributed by atoms with Crippen LogP contribution in [-0.4, -0.2) is 25.4 Å². The highest BCUT2D eigenvalue weighted by Gasteiger charge is 2.50. The Morgan fingerprint density at radius 1 is 1.36 bits per heavy atom. The second-order valence-electron chi connectivity index (χ2n) is 4.68. The molecule has 0 radical (unpaired) electrons. The maximum atomic E-state index is 12.8. The van der Waals surface area contributed by atoms with Crippen LogP contribution in [0.15, 0.2) is 0 Å². The number of nitrogens with one attached hydrogen (secondary N) is 1. The van der Waals surface area contributed by atoms with Crippen molar-refractivity contribution >= 4 is 10.0 Å². The Hall–Kier alpha value is -0.160. The first kappa shape index (κ1) is 10.4. The molecule has 2 rings (SSSR count). The molecular formula is C9H16FNO2S. The van der Waals surface area contributed by atoms with Crippen molar-refractivity contribution in [1.82, 2.24) is 4.72 Å². The molecule has 0 aromatic heterocycles. The Morgan fingerprint density at radius 3 is 2.43 bits per heavy atom. The minimum absolute atomic E-state index is 0.174. The second kappa shape index (κ2) is 3.17. The van der Waals surface area contributed by atoms with E-state index in [1.165, 1.54) is 0 Å². The van der Waals surface area contributed by atoms with Crippen LogP contribution in [0.25, 0.3) is 0 Å². The van der Waals surface area contributed by atoms with E-state index >= 15 is 0 Å². The summed E-state index contributed by atoms with van der Waals surface area (Å²) < 4.78 is 38.4. The quantitative estimate of drug-likeness (QED) is 0.782. The van der Waals surface area contributed by atoms with E-state index < -0.39 is 20.9 Å². The van der Waals surface area contributed by atoms with Gasteiger partial charge in [0.2, 0.25) is 10.0 Å². The largest absolute Gasteiger partial charge is 0.247 e. The molecule has 1 N–H and O–H groups in total. The molecule has 0 aromatic rings. The van der Waals surface area contributed by atoms with Crippen molar-refractivity contribution in [3.8, 4) is 0 Å². The first-order chi connectivity index (χ1) is 6.43. The lowest BCUT2D eigenvalue weighted by Crippen LogP contribution is -2.40. The summed E-state index contributed by atoms with van der Waals surface area (Å²) in [5, 5.41) is 0. The van der Waals surface area contributed by atoms with Crippen LogP contribution in [0, 0.1) is 0 Å². The first-order valence-electron chi connectivity index (χ1n) is 5.09. The lowest BCUT2D eigenvalue weighted by molar-refractivity contribution is 0.337. The van der Waals surface area contributed by atoms with Gasteiger partial charge in [0, 0.05) is 6.04 Å².